The highest BCUT2D eigenvalue weighted by Crippen LogP contribution is 2.36. The van der Waals surface area contributed by atoms with Crippen LogP contribution >= 0.6 is 0 Å². The van der Waals surface area contributed by atoms with Crippen molar-refractivity contribution in [2.75, 3.05) is 26.9 Å². The minimum Gasteiger partial charge on any atom is -0.491 e. The number of hydrogen-bond acceptors (Lipinski definition) is 5. The van der Waals surface area contributed by atoms with Crippen LogP contribution in [-0.2, 0) is 11.3 Å². The molecule has 1 saturated heterocycles. The lowest BCUT2D eigenvalue weighted by molar-refractivity contribution is -0.152. The summed E-state index contributed by atoms with van der Waals surface area (Å²) >= 11 is 0. The third kappa shape index (κ3) is 4.64. The predicted molar refractivity (Wildman–Crippen MR) is 110 cm³/mol. The molecule has 2 aromatic rings. The van der Waals surface area contributed by atoms with Gasteiger partial charge in [0, 0.05) is 37.0 Å². The normalized spacial score (nSPS) is 19.5. The fourth-order valence-corrected chi connectivity index (χ4v) is 4.44. The van der Waals surface area contributed by atoms with Gasteiger partial charge in [-0.1, -0.05) is 0 Å². The number of pyridine rings is 1. The molecular weight excluding hydrogens is 500 g/mol. The zero-order valence-corrected chi connectivity index (χ0v) is 18.6. The smallest absolute Gasteiger partial charge is 0.406 e. The lowest BCUT2D eigenvalue weighted by Crippen LogP contribution is -2.57. The molecule has 194 valence electrons. The molecule has 36 heavy (non-hydrogen) atoms. The maximum absolute atomic E-state index is 13.9. The first-order valence-electron chi connectivity index (χ1n) is 10.6. The maximum atomic E-state index is 13.9. The molecule has 0 radical (unpaired) electrons. The number of fused-ring (bicyclic) bond motifs is 3. The molecule has 0 aliphatic carbocycles. The van der Waals surface area contributed by atoms with E-state index in [4.69, 9.17) is 9.47 Å². The van der Waals surface area contributed by atoms with Crippen LogP contribution in [0, 0.1) is 17.5 Å². The fraction of sp³-hybridized carbons (Fsp3) is 0.409. The molecule has 8 nitrogen and oxygen atoms in total. The molecule has 2 aliphatic rings. The summed E-state index contributed by atoms with van der Waals surface area (Å²) in [5.74, 6) is -6.55. The number of amides is 2. The van der Waals surface area contributed by atoms with E-state index in [9.17, 15) is 40.7 Å². The Morgan fingerprint density at radius 3 is 2.44 bits per heavy atom. The number of alkyl halides is 3. The van der Waals surface area contributed by atoms with Gasteiger partial charge in [0.05, 0.1) is 25.8 Å². The molecule has 14 heteroatoms. The van der Waals surface area contributed by atoms with E-state index in [1.807, 2.05) is 0 Å². The van der Waals surface area contributed by atoms with Crippen molar-refractivity contribution in [3.8, 4) is 5.75 Å². The SMILES string of the molecule is COc1c2n(cc(C(=O)NCc3c(F)cc(F)cc3F)c1=O)[C@@H]1COCC[C@H]1N(CC(F)(F)F)C2=O. The second-order valence-electron chi connectivity index (χ2n) is 8.24. The Hall–Kier alpha value is -3.55. The molecule has 1 N–H and O–H groups in total. The number of rotatable bonds is 5. The van der Waals surface area contributed by atoms with Crippen LogP contribution in [0.3, 0.4) is 0 Å². The molecule has 0 bridgehead atoms. The first-order valence-corrected chi connectivity index (χ1v) is 10.6. The van der Waals surface area contributed by atoms with Gasteiger partial charge >= 0.3 is 6.18 Å². The average Bonchev–Trinajstić information content (AvgIpc) is 2.79. The highest BCUT2D eigenvalue weighted by Gasteiger charge is 2.47. The van der Waals surface area contributed by atoms with Crippen LogP contribution in [0.4, 0.5) is 26.3 Å². The van der Waals surface area contributed by atoms with E-state index in [1.165, 1.54) is 4.57 Å². The van der Waals surface area contributed by atoms with Gasteiger partial charge < -0.3 is 24.3 Å². The second-order valence-corrected chi connectivity index (χ2v) is 8.24. The Bertz CT molecular complexity index is 1260. The van der Waals surface area contributed by atoms with Crippen molar-refractivity contribution in [1.82, 2.24) is 14.8 Å². The van der Waals surface area contributed by atoms with E-state index in [-0.39, 0.29) is 19.6 Å². The number of carbonyl (C=O) groups excluding carboxylic acids is 2. The summed E-state index contributed by atoms with van der Waals surface area (Å²) in [6.07, 6.45) is -3.65. The van der Waals surface area contributed by atoms with Crippen LogP contribution in [0.2, 0.25) is 0 Å². The van der Waals surface area contributed by atoms with Gasteiger partial charge in [0.2, 0.25) is 5.43 Å². The van der Waals surface area contributed by atoms with Crippen molar-refractivity contribution in [2.24, 2.45) is 0 Å². The molecule has 1 aromatic carbocycles. The number of aromatic nitrogens is 1. The summed E-state index contributed by atoms with van der Waals surface area (Å²) in [6, 6.07) is -0.973. The zero-order chi connectivity index (χ0) is 26.4. The lowest BCUT2D eigenvalue weighted by Gasteiger charge is -2.45. The summed E-state index contributed by atoms with van der Waals surface area (Å²) in [6.45, 7) is -2.31. The van der Waals surface area contributed by atoms with Gasteiger partial charge in [-0.2, -0.15) is 13.2 Å². The number of benzene rings is 1. The monoisotopic (exact) mass is 519 g/mol. The lowest BCUT2D eigenvalue weighted by atomic mass is 9.95. The fourth-order valence-electron chi connectivity index (χ4n) is 4.44. The molecule has 2 aliphatic heterocycles. The van der Waals surface area contributed by atoms with Crippen LogP contribution < -0.4 is 15.5 Å². The molecule has 0 spiro atoms. The minimum absolute atomic E-state index is 0.0744. The van der Waals surface area contributed by atoms with Crippen molar-refractivity contribution in [3.63, 3.8) is 0 Å². The molecule has 3 heterocycles. The Kier molecular flexibility index (Phi) is 6.73. The van der Waals surface area contributed by atoms with Crippen LogP contribution in [0.25, 0.3) is 0 Å². The van der Waals surface area contributed by atoms with Gasteiger partial charge in [-0.25, -0.2) is 13.2 Å². The number of halogens is 6. The third-order valence-corrected chi connectivity index (χ3v) is 6.03. The van der Waals surface area contributed by atoms with Gasteiger partial charge in [-0.05, 0) is 6.42 Å². The molecular formula is C22H19F6N3O5. The molecule has 2 amide bonds. The highest BCUT2D eigenvalue weighted by atomic mass is 19.4. The molecule has 2 atom stereocenters. The summed E-state index contributed by atoms with van der Waals surface area (Å²) in [4.78, 5) is 39.5. The van der Waals surface area contributed by atoms with E-state index >= 15 is 0 Å². The number of hydrogen-bond donors (Lipinski definition) is 1. The zero-order valence-electron chi connectivity index (χ0n) is 18.6. The molecule has 0 unspecified atom stereocenters. The van der Waals surface area contributed by atoms with Gasteiger partial charge in [0.1, 0.15) is 29.6 Å². The first-order chi connectivity index (χ1) is 16.9. The maximum Gasteiger partial charge on any atom is 0.406 e. The predicted octanol–water partition coefficient (Wildman–Crippen LogP) is 2.55. The number of nitrogens with one attached hydrogen (secondary N) is 1. The number of methoxy groups -OCH3 is 1. The quantitative estimate of drug-likeness (QED) is 0.614. The Morgan fingerprint density at radius 2 is 1.83 bits per heavy atom. The minimum atomic E-state index is -4.71. The molecule has 1 fully saturated rings. The van der Waals surface area contributed by atoms with E-state index in [0.717, 1.165) is 13.3 Å². The van der Waals surface area contributed by atoms with E-state index in [1.54, 1.807) is 0 Å². The Balaban J connectivity index is 1.74. The van der Waals surface area contributed by atoms with Crippen molar-refractivity contribution in [3.05, 3.63) is 62.8 Å². The largest absolute Gasteiger partial charge is 0.491 e. The number of ether oxygens (including phenoxy) is 2. The van der Waals surface area contributed by atoms with E-state index in [2.05, 4.69) is 5.32 Å². The van der Waals surface area contributed by atoms with Crippen LogP contribution in [0.1, 0.15) is 38.9 Å². The van der Waals surface area contributed by atoms with E-state index < -0.39 is 88.6 Å². The van der Waals surface area contributed by atoms with Crippen molar-refractivity contribution < 1.29 is 45.4 Å². The Labute approximate surface area is 199 Å². The van der Waals surface area contributed by atoms with Crippen LogP contribution in [-0.4, -0.2) is 60.4 Å². The van der Waals surface area contributed by atoms with Gasteiger partial charge in [-0.15, -0.1) is 0 Å². The summed E-state index contributed by atoms with van der Waals surface area (Å²) in [7, 11) is 1.01. The standard InChI is InChI=1S/C22H19F6N3O5/c1-35-19-17-21(34)31(9-22(26,27)28)15-2-3-36-8-16(15)30(17)7-12(18(19)32)20(33)29-6-11-13(24)4-10(23)5-14(11)25/h4-5,7,15-16H,2-3,6,8-9H2,1H3,(H,29,33)/t15-,16-/m1/s1. The summed E-state index contributed by atoms with van der Waals surface area (Å²) < 4.78 is 92.2. The first kappa shape index (κ1) is 25.5. The van der Waals surface area contributed by atoms with Gasteiger partial charge in [-0.3, -0.25) is 14.4 Å². The number of nitrogens with zero attached hydrogens (tertiary/aromatic N) is 2. The molecule has 0 saturated carbocycles. The average molecular weight is 519 g/mol. The third-order valence-electron chi connectivity index (χ3n) is 6.03. The topological polar surface area (TPSA) is 89.9 Å². The number of carbonyl (C=O) groups is 2. The van der Waals surface area contributed by atoms with Crippen molar-refractivity contribution >= 4 is 11.8 Å². The van der Waals surface area contributed by atoms with Crippen LogP contribution in [0.15, 0.2) is 23.1 Å². The highest BCUT2D eigenvalue weighted by molar-refractivity contribution is 5.99. The summed E-state index contributed by atoms with van der Waals surface area (Å²) in [5.41, 5.74) is -2.84. The Morgan fingerprint density at radius 1 is 1.17 bits per heavy atom. The van der Waals surface area contributed by atoms with Crippen molar-refractivity contribution in [2.45, 2.75) is 31.2 Å². The molecule has 1 aromatic heterocycles. The summed E-state index contributed by atoms with van der Waals surface area (Å²) in [5, 5.41) is 2.15. The molecule has 4 rings (SSSR count). The van der Waals surface area contributed by atoms with E-state index in [0.29, 0.717) is 17.0 Å². The van der Waals surface area contributed by atoms with Gasteiger partial charge in [0.25, 0.3) is 11.8 Å². The van der Waals surface area contributed by atoms with Crippen LogP contribution in [0.5, 0.6) is 5.75 Å². The van der Waals surface area contributed by atoms with Crippen molar-refractivity contribution in [1.29, 1.82) is 0 Å². The van der Waals surface area contributed by atoms with Gasteiger partial charge in [0.15, 0.2) is 11.4 Å². The second kappa shape index (κ2) is 9.48.